The van der Waals surface area contributed by atoms with Crippen molar-refractivity contribution in [1.82, 2.24) is 20.2 Å². The predicted octanol–water partition coefficient (Wildman–Crippen LogP) is 3.98. The summed E-state index contributed by atoms with van der Waals surface area (Å²) in [5.74, 6) is -0.180. The van der Waals surface area contributed by atoms with Crippen LogP contribution in [0.1, 0.15) is 44.9 Å². The molecule has 31 heavy (non-hydrogen) atoms. The first-order chi connectivity index (χ1) is 15.2. The number of carbonyl (C=O) groups excluding carboxylic acids is 2. The molecule has 1 aromatic carbocycles. The molecule has 2 aliphatic rings. The molecule has 2 heterocycles. The number of hydrogen-bond acceptors (Lipinski definition) is 5. The van der Waals surface area contributed by atoms with Crippen LogP contribution in [0.2, 0.25) is 0 Å². The lowest BCUT2D eigenvalue weighted by atomic mass is 9.96. The van der Waals surface area contributed by atoms with Gasteiger partial charge in [-0.05, 0) is 31.2 Å². The highest BCUT2D eigenvalue weighted by atomic mass is 32.2. The monoisotopic (exact) mass is 442 g/mol. The molecule has 2 aromatic rings. The second-order valence-corrected chi connectivity index (χ2v) is 9.13. The van der Waals surface area contributed by atoms with Crippen molar-refractivity contribution in [3.8, 4) is 11.3 Å². The van der Waals surface area contributed by atoms with Crippen LogP contribution in [0.5, 0.6) is 0 Å². The molecule has 1 saturated heterocycles. The average molecular weight is 443 g/mol. The van der Waals surface area contributed by atoms with Gasteiger partial charge < -0.3 is 14.6 Å². The van der Waals surface area contributed by atoms with E-state index in [0.717, 1.165) is 61.5 Å². The van der Waals surface area contributed by atoms with Gasteiger partial charge in [0, 0.05) is 12.6 Å². The van der Waals surface area contributed by atoms with E-state index in [0.29, 0.717) is 6.54 Å². The number of benzene rings is 1. The Bertz CT molecular complexity index is 874. The Kier molecular flexibility index (Phi) is 7.64. The van der Waals surface area contributed by atoms with E-state index in [2.05, 4.69) is 32.3 Å². The van der Waals surface area contributed by atoms with Gasteiger partial charge in [-0.3, -0.25) is 10.1 Å². The third kappa shape index (κ3) is 6.11. The number of hydrogen-bond donors (Lipinski definition) is 2. The van der Waals surface area contributed by atoms with E-state index in [9.17, 15) is 9.59 Å². The number of carbonyl (C=O) groups is 2. The molecular formula is C23H30N4O3S. The minimum atomic E-state index is -0.398. The summed E-state index contributed by atoms with van der Waals surface area (Å²) in [5, 5.41) is 6.13. The summed E-state index contributed by atoms with van der Waals surface area (Å²) in [5.41, 5.74) is 2.09. The smallest absolute Gasteiger partial charge is 0.321 e. The first-order valence-electron chi connectivity index (χ1n) is 11.1. The molecule has 1 aromatic heterocycles. The number of thioether (sulfide) groups is 1. The molecule has 0 radical (unpaired) electrons. The molecule has 1 aliphatic carbocycles. The topological polar surface area (TPSA) is 85.2 Å². The van der Waals surface area contributed by atoms with E-state index in [1.54, 1.807) is 0 Å². The van der Waals surface area contributed by atoms with Crippen molar-refractivity contribution in [3.05, 3.63) is 36.5 Å². The zero-order valence-corrected chi connectivity index (χ0v) is 18.5. The van der Waals surface area contributed by atoms with Crippen molar-refractivity contribution < 1.29 is 14.3 Å². The van der Waals surface area contributed by atoms with Crippen molar-refractivity contribution >= 4 is 23.7 Å². The highest BCUT2D eigenvalue weighted by Crippen LogP contribution is 2.28. The van der Waals surface area contributed by atoms with Gasteiger partial charge >= 0.3 is 6.03 Å². The molecule has 0 bridgehead atoms. The molecule has 0 spiro atoms. The van der Waals surface area contributed by atoms with Gasteiger partial charge in [-0.15, -0.1) is 0 Å². The Morgan fingerprint density at radius 2 is 1.90 bits per heavy atom. The number of imidazole rings is 1. The molecule has 4 rings (SSSR count). The summed E-state index contributed by atoms with van der Waals surface area (Å²) in [6, 6.07) is 9.88. The average Bonchev–Trinajstić information content (AvgIpc) is 3.44. The maximum atomic E-state index is 12.3. The highest BCUT2D eigenvalue weighted by molar-refractivity contribution is 7.99. The molecule has 3 amide bonds. The van der Waals surface area contributed by atoms with Crippen molar-refractivity contribution in [1.29, 1.82) is 0 Å². The lowest BCUT2D eigenvalue weighted by Gasteiger charge is -2.22. The summed E-state index contributed by atoms with van der Waals surface area (Å²) >= 11 is 1.35. The van der Waals surface area contributed by atoms with Crippen molar-refractivity contribution in [2.75, 3.05) is 12.4 Å². The van der Waals surface area contributed by atoms with E-state index >= 15 is 0 Å². The summed E-state index contributed by atoms with van der Waals surface area (Å²) in [4.78, 5) is 29.0. The molecule has 8 heteroatoms. The summed E-state index contributed by atoms with van der Waals surface area (Å²) in [7, 11) is 0. The minimum absolute atomic E-state index is 0.134. The summed E-state index contributed by atoms with van der Waals surface area (Å²) in [6.07, 6.45) is 9.56. The van der Waals surface area contributed by atoms with Crippen LogP contribution < -0.4 is 10.6 Å². The van der Waals surface area contributed by atoms with Crippen LogP contribution in [0.4, 0.5) is 4.79 Å². The van der Waals surface area contributed by atoms with Crippen LogP contribution in [-0.4, -0.2) is 46.0 Å². The molecule has 166 valence electrons. The van der Waals surface area contributed by atoms with Gasteiger partial charge in [-0.25, -0.2) is 9.78 Å². The quantitative estimate of drug-likeness (QED) is 0.634. The third-order valence-electron chi connectivity index (χ3n) is 5.82. The Labute approximate surface area is 187 Å². The zero-order chi connectivity index (χ0) is 21.5. The van der Waals surface area contributed by atoms with Crippen molar-refractivity contribution in [2.45, 2.75) is 68.8 Å². The number of nitrogens with zero attached hydrogens (tertiary/aromatic N) is 2. The van der Waals surface area contributed by atoms with Crippen LogP contribution in [0.25, 0.3) is 11.3 Å². The van der Waals surface area contributed by atoms with Crippen LogP contribution in [0.15, 0.2) is 41.7 Å². The lowest BCUT2D eigenvalue weighted by Crippen LogP contribution is -2.45. The number of amides is 3. The van der Waals surface area contributed by atoms with Crippen molar-refractivity contribution in [3.63, 3.8) is 0 Å². The predicted molar refractivity (Wildman–Crippen MR) is 121 cm³/mol. The van der Waals surface area contributed by atoms with Gasteiger partial charge in [0.05, 0.1) is 30.3 Å². The zero-order valence-electron chi connectivity index (χ0n) is 17.7. The molecule has 1 saturated carbocycles. The molecule has 1 aliphatic heterocycles. The fourth-order valence-corrected chi connectivity index (χ4v) is 5.03. The Hall–Kier alpha value is -2.32. The van der Waals surface area contributed by atoms with Gasteiger partial charge in [0.2, 0.25) is 5.91 Å². The maximum Gasteiger partial charge on any atom is 0.321 e. The van der Waals surface area contributed by atoms with Crippen LogP contribution >= 0.6 is 11.8 Å². The van der Waals surface area contributed by atoms with Gasteiger partial charge in [0.1, 0.15) is 0 Å². The second kappa shape index (κ2) is 10.8. The normalized spacial score (nSPS) is 19.3. The van der Waals surface area contributed by atoms with E-state index in [1.165, 1.54) is 18.2 Å². The fourth-order valence-electron chi connectivity index (χ4n) is 4.24. The van der Waals surface area contributed by atoms with E-state index in [4.69, 9.17) is 4.74 Å². The number of ether oxygens (including phenoxy) is 1. The van der Waals surface area contributed by atoms with Gasteiger partial charge in [0.25, 0.3) is 0 Å². The molecule has 1 unspecified atom stereocenters. The lowest BCUT2D eigenvalue weighted by molar-refractivity contribution is -0.117. The third-order valence-corrected chi connectivity index (χ3v) is 6.81. The Morgan fingerprint density at radius 3 is 2.65 bits per heavy atom. The van der Waals surface area contributed by atoms with Gasteiger partial charge in [-0.2, -0.15) is 0 Å². The number of imide groups is 1. The van der Waals surface area contributed by atoms with E-state index < -0.39 is 6.03 Å². The molecule has 2 fully saturated rings. The summed E-state index contributed by atoms with van der Waals surface area (Å²) < 4.78 is 7.96. The summed E-state index contributed by atoms with van der Waals surface area (Å²) in [6.45, 7) is 1.50. The first kappa shape index (κ1) is 21.9. The number of aromatic nitrogens is 2. The van der Waals surface area contributed by atoms with Crippen LogP contribution in [-0.2, 0) is 16.1 Å². The van der Waals surface area contributed by atoms with Gasteiger partial charge in [0.15, 0.2) is 5.16 Å². The number of rotatable bonds is 7. The SMILES string of the molecule is O=C(CSc1ncc(-c2ccccc2)n1CC1CCCO1)NC(=O)NC1CCCCC1. The van der Waals surface area contributed by atoms with E-state index in [1.807, 2.05) is 24.4 Å². The fraction of sp³-hybridized carbons (Fsp3) is 0.522. The number of nitrogens with one attached hydrogen (secondary N) is 2. The Balaban J connectivity index is 1.37. The molecule has 1 atom stereocenters. The van der Waals surface area contributed by atoms with Crippen LogP contribution in [0, 0.1) is 0 Å². The van der Waals surface area contributed by atoms with Crippen molar-refractivity contribution in [2.24, 2.45) is 0 Å². The van der Waals surface area contributed by atoms with Gasteiger partial charge in [-0.1, -0.05) is 61.4 Å². The molecule has 7 nitrogen and oxygen atoms in total. The van der Waals surface area contributed by atoms with Crippen LogP contribution in [0.3, 0.4) is 0 Å². The van der Waals surface area contributed by atoms with E-state index in [-0.39, 0.29) is 23.8 Å². The minimum Gasteiger partial charge on any atom is -0.376 e. The molecular weight excluding hydrogens is 412 g/mol. The first-order valence-corrected chi connectivity index (χ1v) is 12.1. The molecule has 2 N–H and O–H groups in total. The largest absolute Gasteiger partial charge is 0.376 e. The maximum absolute atomic E-state index is 12.3. The Morgan fingerprint density at radius 1 is 1.10 bits per heavy atom. The number of urea groups is 1. The second-order valence-electron chi connectivity index (χ2n) is 8.18. The standard InChI is InChI=1S/C23H30N4O3S/c28-21(26-22(29)25-18-10-5-2-6-11-18)16-31-23-24-14-20(17-8-3-1-4-9-17)27(23)15-19-12-7-13-30-19/h1,3-4,8-9,14,18-19H,2,5-7,10-13,15-16H2,(H2,25,26,28,29). The highest BCUT2D eigenvalue weighted by Gasteiger charge is 2.22.